The highest BCUT2D eigenvalue weighted by molar-refractivity contribution is 7.99. The molecule has 1 saturated carbocycles. The Bertz CT molecular complexity index is 1130. The van der Waals surface area contributed by atoms with Crippen molar-refractivity contribution in [1.29, 1.82) is 0 Å². The summed E-state index contributed by atoms with van der Waals surface area (Å²) in [4.78, 5) is 33.6. The number of amides is 1. The summed E-state index contributed by atoms with van der Waals surface area (Å²) in [6.07, 6.45) is 3.61. The van der Waals surface area contributed by atoms with Crippen LogP contribution in [0.3, 0.4) is 0 Å². The number of aromatic nitrogens is 2. The predicted molar refractivity (Wildman–Crippen MR) is 124 cm³/mol. The average molecular weight is 458 g/mol. The van der Waals surface area contributed by atoms with Crippen molar-refractivity contribution in [2.45, 2.75) is 63.1 Å². The second-order valence-corrected chi connectivity index (χ2v) is 10.7. The summed E-state index contributed by atoms with van der Waals surface area (Å²) in [5, 5.41) is 0.323. The van der Waals surface area contributed by atoms with Gasteiger partial charge in [-0.25, -0.2) is 14.2 Å². The number of fused-ring (bicyclic) bond motifs is 1. The Balaban J connectivity index is 1.39. The van der Waals surface area contributed by atoms with E-state index < -0.39 is 17.0 Å². The summed E-state index contributed by atoms with van der Waals surface area (Å²) < 4.78 is 19.9. The molecule has 0 spiro atoms. The minimum Gasteiger partial charge on any atom is -0.444 e. The molecule has 2 heterocycles. The molecule has 1 N–H and O–H groups in total. The number of hydrogen-bond acceptors (Lipinski definition) is 5. The fourth-order valence-corrected chi connectivity index (χ4v) is 4.63. The van der Waals surface area contributed by atoms with E-state index >= 15 is 0 Å². The Kier molecular flexibility index (Phi) is 6.47. The average Bonchev–Trinajstić information content (AvgIpc) is 3.54. The molecule has 1 saturated heterocycles. The van der Waals surface area contributed by atoms with Crippen molar-refractivity contribution < 1.29 is 13.9 Å². The zero-order valence-corrected chi connectivity index (χ0v) is 19.5. The van der Waals surface area contributed by atoms with Crippen LogP contribution in [0.25, 0.3) is 10.9 Å². The van der Waals surface area contributed by atoms with Crippen molar-refractivity contribution in [1.82, 2.24) is 14.9 Å². The lowest BCUT2D eigenvalue weighted by molar-refractivity contribution is 0.0219. The van der Waals surface area contributed by atoms with E-state index in [1.807, 2.05) is 20.8 Å². The molecular weight excluding hydrogens is 429 g/mol. The van der Waals surface area contributed by atoms with Gasteiger partial charge in [0.1, 0.15) is 22.6 Å². The molecule has 0 radical (unpaired) electrons. The van der Waals surface area contributed by atoms with Gasteiger partial charge in [0.15, 0.2) is 0 Å². The van der Waals surface area contributed by atoms with Crippen molar-refractivity contribution >= 4 is 28.8 Å². The van der Waals surface area contributed by atoms with Gasteiger partial charge in [0.25, 0.3) is 5.56 Å². The van der Waals surface area contributed by atoms with Gasteiger partial charge >= 0.3 is 6.09 Å². The third-order valence-electron chi connectivity index (χ3n) is 5.36. The summed E-state index contributed by atoms with van der Waals surface area (Å²) >= 11 is 1.69. The lowest BCUT2D eigenvalue weighted by atomic mass is 10.1. The number of nitrogens with zero attached hydrogens (tertiary/aromatic N) is 2. The molecule has 1 amide bonds. The van der Waals surface area contributed by atoms with E-state index in [-0.39, 0.29) is 11.5 Å². The minimum atomic E-state index is -0.593. The van der Waals surface area contributed by atoms with E-state index in [4.69, 9.17) is 4.74 Å². The zero-order chi connectivity index (χ0) is 22.9. The fraction of sp³-hybridized carbons (Fsp3) is 0.542. The minimum absolute atomic E-state index is 0.0265. The van der Waals surface area contributed by atoms with E-state index in [1.165, 1.54) is 6.07 Å². The van der Waals surface area contributed by atoms with Crippen LogP contribution in [0.4, 0.5) is 9.18 Å². The van der Waals surface area contributed by atoms with Gasteiger partial charge in [-0.2, -0.15) is 11.8 Å². The molecule has 2 aromatic rings. The number of rotatable bonds is 3. The van der Waals surface area contributed by atoms with Crippen LogP contribution in [-0.4, -0.2) is 44.9 Å². The number of hydrogen-bond donors (Lipinski definition) is 1. The van der Waals surface area contributed by atoms with Gasteiger partial charge < -0.3 is 14.6 Å². The van der Waals surface area contributed by atoms with E-state index in [1.54, 1.807) is 22.7 Å². The number of aromatic amines is 1. The Labute approximate surface area is 191 Å². The molecule has 1 aliphatic heterocycles. The first-order chi connectivity index (χ1) is 15.2. The molecule has 0 atom stereocenters. The maximum absolute atomic E-state index is 14.5. The standard InChI is InChI=1S/C24H28FN3O3S/c1-24(2,3)31-23(30)28-10-8-17(9-11-28)32-14-20-26-19-13-16(7-6-15-4-5-15)12-18(25)21(19)22(29)27-20/h12-13,15,17H,4-5,8-11,14H2,1-3H3,(H,26,27,29). The van der Waals surface area contributed by atoms with Crippen molar-refractivity contribution in [2.24, 2.45) is 5.92 Å². The van der Waals surface area contributed by atoms with E-state index in [2.05, 4.69) is 21.8 Å². The van der Waals surface area contributed by atoms with Crippen LogP contribution in [0.2, 0.25) is 0 Å². The second-order valence-electron chi connectivity index (χ2n) is 9.39. The van der Waals surface area contributed by atoms with Crippen LogP contribution in [0, 0.1) is 23.6 Å². The van der Waals surface area contributed by atoms with Gasteiger partial charge in [-0.05, 0) is 58.6 Å². The van der Waals surface area contributed by atoms with Crippen molar-refractivity contribution in [3.05, 3.63) is 39.7 Å². The van der Waals surface area contributed by atoms with Gasteiger partial charge in [-0.1, -0.05) is 11.8 Å². The van der Waals surface area contributed by atoms with Crippen molar-refractivity contribution in [2.75, 3.05) is 13.1 Å². The number of likely N-dealkylation sites (tertiary alicyclic amines) is 1. The monoisotopic (exact) mass is 457 g/mol. The number of carbonyl (C=O) groups is 1. The summed E-state index contributed by atoms with van der Waals surface area (Å²) in [5.74, 6) is 6.97. The number of carbonyl (C=O) groups excluding carboxylic acids is 1. The highest BCUT2D eigenvalue weighted by Crippen LogP contribution is 2.28. The normalized spacial score (nSPS) is 17.2. The fourth-order valence-electron chi connectivity index (χ4n) is 3.55. The summed E-state index contributed by atoms with van der Waals surface area (Å²) in [5.41, 5.74) is -0.0825. The van der Waals surface area contributed by atoms with Crippen LogP contribution in [0.1, 0.15) is 57.8 Å². The molecule has 8 heteroatoms. The highest BCUT2D eigenvalue weighted by Gasteiger charge is 2.27. The maximum atomic E-state index is 14.5. The first-order valence-corrected chi connectivity index (χ1v) is 12.1. The van der Waals surface area contributed by atoms with Crippen LogP contribution in [-0.2, 0) is 10.5 Å². The van der Waals surface area contributed by atoms with Gasteiger partial charge in [0, 0.05) is 29.8 Å². The second kappa shape index (κ2) is 9.14. The van der Waals surface area contributed by atoms with Gasteiger partial charge in [-0.3, -0.25) is 4.79 Å². The van der Waals surface area contributed by atoms with E-state index in [0.29, 0.717) is 46.9 Å². The van der Waals surface area contributed by atoms with Gasteiger partial charge in [0.2, 0.25) is 0 Å². The molecule has 170 valence electrons. The first-order valence-electron chi connectivity index (χ1n) is 11.0. The van der Waals surface area contributed by atoms with Crippen LogP contribution in [0.15, 0.2) is 16.9 Å². The van der Waals surface area contributed by atoms with Gasteiger partial charge in [-0.15, -0.1) is 0 Å². The van der Waals surface area contributed by atoms with E-state index in [9.17, 15) is 14.0 Å². The molecule has 32 heavy (non-hydrogen) atoms. The lowest BCUT2D eigenvalue weighted by Gasteiger charge is -2.33. The molecule has 4 rings (SSSR count). The number of benzene rings is 1. The summed E-state index contributed by atoms with van der Waals surface area (Å²) in [6, 6.07) is 3.00. The molecule has 1 aromatic heterocycles. The number of ether oxygens (including phenoxy) is 1. The molecule has 1 aliphatic carbocycles. The maximum Gasteiger partial charge on any atom is 0.410 e. The Morgan fingerprint density at radius 1 is 1.28 bits per heavy atom. The van der Waals surface area contributed by atoms with Crippen LogP contribution in [0.5, 0.6) is 0 Å². The summed E-state index contributed by atoms with van der Waals surface area (Å²) in [7, 11) is 0. The molecule has 2 fully saturated rings. The third kappa shape index (κ3) is 5.83. The van der Waals surface area contributed by atoms with Crippen LogP contribution >= 0.6 is 11.8 Å². The Morgan fingerprint density at radius 3 is 2.66 bits per heavy atom. The van der Waals surface area contributed by atoms with Gasteiger partial charge in [0.05, 0.1) is 11.3 Å². The molecule has 0 unspecified atom stereocenters. The Hall–Kier alpha value is -2.53. The van der Waals surface area contributed by atoms with Crippen LogP contribution < -0.4 is 5.56 Å². The molecule has 0 bridgehead atoms. The van der Waals surface area contributed by atoms with Crippen molar-refractivity contribution in [3.8, 4) is 11.8 Å². The first kappa shape index (κ1) is 22.7. The highest BCUT2D eigenvalue weighted by atomic mass is 32.2. The quantitative estimate of drug-likeness (QED) is 0.689. The lowest BCUT2D eigenvalue weighted by Crippen LogP contribution is -2.42. The zero-order valence-electron chi connectivity index (χ0n) is 18.7. The number of thioether (sulfide) groups is 1. The largest absolute Gasteiger partial charge is 0.444 e. The third-order valence-corrected chi connectivity index (χ3v) is 6.74. The predicted octanol–water partition coefficient (Wildman–Crippen LogP) is 4.46. The van der Waals surface area contributed by atoms with Crippen molar-refractivity contribution in [3.63, 3.8) is 0 Å². The van der Waals surface area contributed by atoms with E-state index in [0.717, 1.165) is 25.7 Å². The molecule has 2 aliphatic rings. The number of nitrogens with one attached hydrogen (secondary N) is 1. The number of halogens is 1. The molecule has 6 nitrogen and oxygen atoms in total. The Morgan fingerprint density at radius 2 is 2.00 bits per heavy atom. The number of H-pyrrole nitrogens is 1. The molecule has 1 aromatic carbocycles. The SMILES string of the molecule is CC(C)(C)OC(=O)N1CCC(SCc2nc3cc(C#CC4CC4)cc(F)c3c(=O)[nH]2)CC1. The topological polar surface area (TPSA) is 75.3 Å². The smallest absolute Gasteiger partial charge is 0.410 e. The number of piperidine rings is 1. The molecular formula is C24H28FN3O3S. The summed E-state index contributed by atoms with van der Waals surface area (Å²) in [6.45, 7) is 6.86.